The minimum atomic E-state index is 0.729. The van der Waals surface area contributed by atoms with Crippen molar-refractivity contribution in [2.45, 2.75) is 9.79 Å². The van der Waals surface area contributed by atoms with Crippen molar-refractivity contribution in [3.05, 3.63) is 104 Å². The van der Waals surface area contributed by atoms with E-state index in [2.05, 4.69) is 102 Å². The van der Waals surface area contributed by atoms with E-state index in [1.807, 2.05) is 25.4 Å². The molecule has 0 saturated heterocycles. The van der Waals surface area contributed by atoms with Crippen LogP contribution in [0.25, 0.3) is 27.6 Å². The maximum atomic E-state index is 4.62. The Morgan fingerprint density at radius 1 is 0.667 bits per heavy atom. The first-order valence-corrected chi connectivity index (χ1v) is 12.6. The molecule has 0 atom stereocenters. The number of rotatable bonds is 4. The van der Waals surface area contributed by atoms with Crippen LogP contribution < -0.4 is 9.80 Å². The number of hydrogen-bond acceptors (Lipinski definition) is 6. The zero-order chi connectivity index (χ0) is 24.1. The Hall–Kier alpha value is -4.36. The second kappa shape index (κ2) is 8.39. The van der Waals surface area contributed by atoms with Crippen LogP contribution in [0.2, 0.25) is 0 Å². The lowest BCUT2D eigenvalue weighted by Gasteiger charge is -2.19. The lowest BCUT2D eigenvalue weighted by molar-refractivity contribution is 0.934. The van der Waals surface area contributed by atoms with Crippen molar-refractivity contribution >= 4 is 50.9 Å². The lowest BCUT2D eigenvalue weighted by atomic mass is 10.1. The number of nitrogens with zero attached hydrogens (tertiary/aromatic N) is 6. The molecule has 3 aromatic heterocycles. The fourth-order valence-electron chi connectivity index (χ4n) is 4.93. The molecule has 4 heterocycles. The van der Waals surface area contributed by atoms with Gasteiger partial charge in [0.15, 0.2) is 11.6 Å². The minimum absolute atomic E-state index is 0.729. The molecule has 0 fully saturated rings. The van der Waals surface area contributed by atoms with E-state index in [1.165, 1.54) is 20.6 Å². The quantitative estimate of drug-likeness (QED) is 0.278. The summed E-state index contributed by atoms with van der Waals surface area (Å²) in [6.45, 7) is 0.729. The summed E-state index contributed by atoms with van der Waals surface area (Å²) in [7, 11) is 2.04. The molecule has 6 aromatic rings. The molecule has 36 heavy (non-hydrogen) atoms. The standard InChI is InChI=1S/C29H22N6S/c1-33-19-34(29-28(33)31-15-16-32-29)20-7-6-8-21(17-20)36-22-12-13-26-24(18-22)23-9-2-3-10-25(23)35(26)27-11-4-5-14-30-27/h2-18H,19H2,1H3. The normalized spacial score (nSPS) is 13.0. The fraction of sp³-hybridized carbons (Fsp3) is 0.0690. The minimum Gasteiger partial charge on any atom is -0.338 e. The van der Waals surface area contributed by atoms with Gasteiger partial charge < -0.3 is 9.80 Å². The molecule has 1 aliphatic heterocycles. The van der Waals surface area contributed by atoms with Gasteiger partial charge in [0.25, 0.3) is 0 Å². The highest BCUT2D eigenvalue weighted by molar-refractivity contribution is 7.99. The third-order valence-electron chi connectivity index (χ3n) is 6.52. The largest absolute Gasteiger partial charge is 0.338 e. The molecule has 0 unspecified atom stereocenters. The van der Waals surface area contributed by atoms with Gasteiger partial charge in [0.05, 0.1) is 17.7 Å². The summed E-state index contributed by atoms with van der Waals surface area (Å²) >= 11 is 1.77. The van der Waals surface area contributed by atoms with Gasteiger partial charge in [-0.3, -0.25) is 4.57 Å². The van der Waals surface area contributed by atoms with Crippen molar-refractivity contribution in [2.24, 2.45) is 0 Å². The topological polar surface area (TPSA) is 50.1 Å². The van der Waals surface area contributed by atoms with Gasteiger partial charge in [-0.1, -0.05) is 42.1 Å². The Balaban J connectivity index is 1.27. The highest BCUT2D eigenvalue weighted by Gasteiger charge is 2.27. The van der Waals surface area contributed by atoms with E-state index in [0.29, 0.717) is 0 Å². The summed E-state index contributed by atoms with van der Waals surface area (Å²) in [6.07, 6.45) is 5.33. The second-order valence-corrected chi connectivity index (χ2v) is 9.94. The molecule has 0 N–H and O–H groups in total. The van der Waals surface area contributed by atoms with Crippen molar-refractivity contribution in [3.63, 3.8) is 0 Å². The number of pyridine rings is 1. The van der Waals surface area contributed by atoms with Gasteiger partial charge in [0, 0.05) is 51.9 Å². The predicted molar refractivity (Wildman–Crippen MR) is 147 cm³/mol. The summed E-state index contributed by atoms with van der Waals surface area (Å²) < 4.78 is 2.24. The van der Waals surface area contributed by atoms with Crippen molar-refractivity contribution in [3.8, 4) is 5.82 Å². The molecule has 0 aliphatic carbocycles. The maximum absolute atomic E-state index is 4.62. The summed E-state index contributed by atoms with van der Waals surface area (Å²) in [5, 5.41) is 2.45. The van der Waals surface area contributed by atoms with Crippen LogP contribution in [0.5, 0.6) is 0 Å². The SMILES string of the molecule is CN1CN(c2cccc(Sc3ccc4c(c3)c3ccccc3n4-c3ccccn3)c2)c2nccnc21. The van der Waals surface area contributed by atoms with Gasteiger partial charge in [0.1, 0.15) is 5.82 Å². The Bertz CT molecular complexity index is 1730. The summed E-state index contributed by atoms with van der Waals surface area (Å²) in [5.41, 5.74) is 3.43. The molecule has 6 nitrogen and oxygen atoms in total. The van der Waals surface area contributed by atoms with E-state index in [1.54, 1.807) is 24.2 Å². The van der Waals surface area contributed by atoms with E-state index in [4.69, 9.17) is 0 Å². The fourth-order valence-corrected chi connectivity index (χ4v) is 5.84. The van der Waals surface area contributed by atoms with Crippen LogP contribution in [0.3, 0.4) is 0 Å². The number of aromatic nitrogens is 4. The highest BCUT2D eigenvalue weighted by atomic mass is 32.2. The Labute approximate surface area is 212 Å². The molecule has 0 spiro atoms. The predicted octanol–water partition coefficient (Wildman–Crippen LogP) is 6.67. The van der Waals surface area contributed by atoms with Gasteiger partial charge in [-0.05, 0) is 54.6 Å². The third-order valence-corrected chi connectivity index (χ3v) is 7.50. The Kier molecular flexibility index (Phi) is 4.89. The van der Waals surface area contributed by atoms with Gasteiger partial charge in [-0.15, -0.1) is 0 Å². The van der Waals surface area contributed by atoms with Crippen LogP contribution in [-0.2, 0) is 0 Å². The molecule has 7 heteroatoms. The van der Waals surface area contributed by atoms with E-state index in [0.717, 1.165) is 40.8 Å². The molecule has 174 valence electrons. The smallest absolute Gasteiger partial charge is 0.178 e. The van der Waals surface area contributed by atoms with Crippen LogP contribution in [0.4, 0.5) is 17.3 Å². The van der Waals surface area contributed by atoms with E-state index < -0.39 is 0 Å². The average molecular weight is 487 g/mol. The average Bonchev–Trinajstić information content (AvgIpc) is 3.44. The van der Waals surface area contributed by atoms with Gasteiger partial charge in [-0.2, -0.15) is 0 Å². The van der Waals surface area contributed by atoms with Crippen molar-refractivity contribution in [1.82, 2.24) is 19.5 Å². The molecular weight excluding hydrogens is 464 g/mol. The molecule has 0 saturated carbocycles. The molecular formula is C29H22N6S. The van der Waals surface area contributed by atoms with Crippen molar-refractivity contribution in [2.75, 3.05) is 23.5 Å². The Morgan fingerprint density at radius 2 is 1.47 bits per heavy atom. The van der Waals surface area contributed by atoms with E-state index in [9.17, 15) is 0 Å². The first-order valence-electron chi connectivity index (χ1n) is 11.8. The lowest BCUT2D eigenvalue weighted by Crippen LogP contribution is -2.24. The van der Waals surface area contributed by atoms with Crippen LogP contribution >= 0.6 is 11.8 Å². The van der Waals surface area contributed by atoms with Crippen molar-refractivity contribution < 1.29 is 0 Å². The van der Waals surface area contributed by atoms with E-state index >= 15 is 0 Å². The van der Waals surface area contributed by atoms with Crippen LogP contribution in [0, 0.1) is 0 Å². The summed E-state index contributed by atoms with van der Waals surface area (Å²) in [4.78, 5) is 20.4. The van der Waals surface area contributed by atoms with Crippen LogP contribution in [0.15, 0.2) is 113 Å². The number of hydrogen-bond donors (Lipinski definition) is 0. The van der Waals surface area contributed by atoms with Crippen LogP contribution in [0.1, 0.15) is 0 Å². The third kappa shape index (κ3) is 3.39. The molecule has 7 rings (SSSR count). The van der Waals surface area contributed by atoms with Gasteiger partial charge in [0.2, 0.25) is 0 Å². The number of fused-ring (bicyclic) bond motifs is 4. The van der Waals surface area contributed by atoms with Crippen molar-refractivity contribution in [1.29, 1.82) is 0 Å². The summed E-state index contributed by atoms with van der Waals surface area (Å²) in [6, 6.07) is 29.9. The molecule has 0 radical (unpaired) electrons. The second-order valence-electron chi connectivity index (χ2n) is 8.79. The molecule has 1 aliphatic rings. The first kappa shape index (κ1) is 21.0. The van der Waals surface area contributed by atoms with Crippen LogP contribution in [-0.4, -0.2) is 33.2 Å². The summed E-state index contributed by atoms with van der Waals surface area (Å²) in [5.74, 6) is 2.73. The zero-order valence-corrected chi connectivity index (χ0v) is 20.4. The monoisotopic (exact) mass is 486 g/mol. The molecule has 0 amide bonds. The number of benzene rings is 3. The highest BCUT2D eigenvalue weighted by Crippen LogP contribution is 2.40. The molecule has 0 bridgehead atoms. The van der Waals surface area contributed by atoms with Gasteiger partial charge >= 0.3 is 0 Å². The zero-order valence-electron chi connectivity index (χ0n) is 19.6. The first-order chi connectivity index (χ1) is 17.8. The number of para-hydroxylation sites is 1. The van der Waals surface area contributed by atoms with Gasteiger partial charge in [-0.25, -0.2) is 15.0 Å². The Morgan fingerprint density at radius 3 is 2.36 bits per heavy atom. The number of anilines is 3. The molecule has 3 aromatic carbocycles. The maximum Gasteiger partial charge on any atom is 0.178 e. The van der Waals surface area contributed by atoms with E-state index in [-0.39, 0.29) is 0 Å².